The number of nitrogens with zero attached hydrogens (tertiary/aromatic N) is 2. The van der Waals surface area contributed by atoms with Gasteiger partial charge in [-0.3, -0.25) is 14.4 Å². The van der Waals surface area contributed by atoms with Crippen LogP contribution in [0.15, 0.2) is 24.3 Å². The van der Waals surface area contributed by atoms with E-state index in [1.54, 1.807) is 24.3 Å². The molecular formula is C19H26N4O3. The molecular weight excluding hydrogens is 332 g/mol. The Hall–Kier alpha value is -2.41. The number of likely N-dealkylation sites (N-methyl/N-ethyl adjacent to an activating group) is 1. The number of benzene rings is 1. The fourth-order valence-corrected chi connectivity index (χ4v) is 3.36. The quantitative estimate of drug-likeness (QED) is 0.782. The van der Waals surface area contributed by atoms with Crippen LogP contribution in [0.1, 0.15) is 26.7 Å². The molecule has 1 heterocycles. The first kappa shape index (κ1) is 18.4. The Bertz CT molecular complexity index is 706. The van der Waals surface area contributed by atoms with Crippen molar-refractivity contribution < 1.29 is 14.4 Å². The van der Waals surface area contributed by atoms with Crippen molar-refractivity contribution in [2.24, 2.45) is 5.41 Å². The maximum absolute atomic E-state index is 12.9. The minimum absolute atomic E-state index is 0.0521. The minimum atomic E-state index is -0.918. The third-order valence-electron chi connectivity index (χ3n) is 5.14. The average Bonchev–Trinajstić information content (AvgIpc) is 3.43. The van der Waals surface area contributed by atoms with E-state index in [4.69, 9.17) is 0 Å². The molecule has 0 spiro atoms. The van der Waals surface area contributed by atoms with Crippen molar-refractivity contribution in [2.45, 2.75) is 26.7 Å². The lowest BCUT2D eigenvalue weighted by atomic mass is 10.0. The summed E-state index contributed by atoms with van der Waals surface area (Å²) in [6.45, 7) is 7.61. The van der Waals surface area contributed by atoms with E-state index in [0.29, 0.717) is 37.3 Å². The lowest BCUT2D eigenvalue weighted by Gasteiger charge is -2.35. The summed E-state index contributed by atoms with van der Waals surface area (Å²) in [6.07, 6.45) is 1.19. The van der Waals surface area contributed by atoms with Gasteiger partial charge in [0.2, 0.25) is 17.7 Å². The number of hydrogen-bond donors (Lipinski definition) is 2. The summed E-state index contributed by atoms with van der Waals surface area (Å²) in [5.41, 5.74) is 0.275. The van der Waals surface area contributed by atoms with Crippen LogP contribution in [-0.4, -0.2) is 60.2 Å². The average molecular weight is 358 g/mol. The molecule has 0 atom stereocenters. The maximum Gasteiger partial charge on any atom is 0.240 e. The number of carbonyl (C=O) groups excluding carboxylic acids is 3. The summed E-state index contributed by atoms with van der Waals surface area (Å²) >= 11 is 0. The number of nitrogens with one attached hydrogen (secondary N) is 2. The van der Waals surface area contributed by atoms with Crippen LogP contribution in [0.2, 0.25) is 0 Å². The van der Waals surface area contributed by atoms with E-state index >= 15 is 0 Å². The highest BCUT2D eigenvalue weighted by molar-refractivity contribution is 6.13. The molecule has 1 aliphatic heterocycles. The highest BCUT2D eigenvalue weighted by Gasteiger charge is 2.58. The van der Waals surface area contributed by atoms with Crippen molar-refractivity contribution in [1.82, 2.24) is 9.80 Å². The second kappa shape index (κ2) is 7.45. The molecule has 1 saturated heterocycles. The van der Waals surface area contributed by atoms with Crippen LogP contribution < -0.4 is 10.6 Å². The van der Waals surface area contributed by atoms with Crippen LogP contribution in [0, 0.1) is 5.41 Å². The summed E-state index contributed by atoms with van der Waals surface area (Å²) in [5, 5.41) is 5.54. The number of carbonyl (C=O) groups is 3. The number of anilines is 2. The van der Waals surface area contributed by atoms with Crippen molar-refractivity contribution in [3.8, 4) is 0 Å². The van der Waals surface area contributed by atoms with Gasteiger partial charge in [0.05, 0.1) is 0 Å². The third kappa shape index (κ3) is 3.88. The number of rotatable bonds is 5. The van der Waals surface area contributed by atoms with Gasteiger partial charge in [-0.25, -0.2) is 0 Å². The molecule has 2 aliphatic rings. The molecule has 0 unspecified atom stereocenters. The molecule has 1 aliphatic carbocycles. The van der Waals surface area contributed by atoms with Crippen molar-refractivity contribution in [2.75, 3.05) is 43.4 Å². The van der Waals surface area contributed by atoms with Crippen LogP contribution in [-0.2, 0) is 14.4 Å². The van der Waals surface area contributed by atoms with Crippen molar-refractivity contribution in [3.05, 3.63) is 24.3 Å². The molecule has 26 heavy (non-hydrogen) atoms. The second-order valence-corrected chi connectivity index (χ2v) is 7.02. The molecule has 2 fully saturated rings. The monoisotopic (exact) mass is 358 g/mol. The largest absolute Gasteiger partial charge is 0.339 e. The Morgan fingerprint density at radius 2 is 1.65 bits per heavy atom. The van der Waals surface area contributed by atoms with Crippen LogP contribution in [0.25, 0.3) is 0 Å². The van der Waals surface area contributed by atoms with Crippen molar-refractivity contribution >= 4 is 29.1 Å². The highest BCUT2D eigenvalue weighted by Crippen LogP contribution is 2.48. The van der Waals surface area contributed by atoms with Crippen LogP contribution in [0.4, 0.5) is 11.4 Å². The van der Waals surface area contributed by atoms with E-state index in [-0.39, 0.29) is 17.7 Å². The van der Waals surface area contributed by atoms with Gasteiger partial charge in [-0.15, -0.1) is 0 Å². The summed E-state index contributed by atoms with van der Waals surface area (Å²) < 4.78 is 0. The van der Waals surface area contributed by atoms with Gasteiger partial charge in [0.25, 0.3) is 0 Å². The zero-order valence-corrected chi connectivity index (χ0v) is 15.4. The van der Waals surface area contributed by atoms with Crippen LogP contribution >= 0.6 is 0 Å². The Labute approximate surface area is 153 Å². The first-order chi connectivity index (χ1) is 12.4. The molecule has 3 amide bonds. The molecule has 7 nitrogen and oxygen atoms in total. The molecule has 0 radical (unpaired) electrons. The fourth-order valence-electron chi connectivity index (χ4n) is 3.36. The van der Waals surface area contributed by atoms with E-state index < -0.39 is 5.41 Å². The van der Waals surface area contributed by atoms with Gasteiger partial charge in [0.15, 0.2) is 0 Å². The third-order valence-corrected chi connectivity index (χ3v) is 5.14. The van der Waals surface area contributed by atoms with Gasteiger partial charge in [-0.05, 0) is 37.6 Å². The second-order valence-electron chi connectivity index (χ2n) is 7.02. The van der Waals surface area contributed by atoms with Gasteiger partial charge in [0.1, 0.15) is 5.41 Å². The van der Waals surface area contributed by atoms with Crippen LogP contribution in [0.5, 0.6) is 0 Å². The minimum Gasteiger partial charge on any atom is -0.339 e. The summed E-state index contributed by atoms with van der Waals surface area (Å²) in [6, 6.07) is 6.96. The number of amides is 3. The van der Waals surface area contributed by atoms with Crippen molar-refractivity contribution in [1.29, 1.82) is 0 Å². The smallest absolute Gasteiger partial charge is 0.240 e. The SMILES string of the molecule is CCN1CCN(C(=O)C2(C(=O)Nc3cccc(NC(C)=O)c3)CC2)CC1. The van der Waals surface area contributed by atoms with Gasteiger partial charge in [0, 0.05) is 44.5 Å². The summed E-state index contributed by atoms with van der Waals surface area (Å²) in [4.78, 5) is 41.0. The standard InChI is InChI=1S/C19H26N4O3/c1-3-22-9-11-23(12-10-22)18(26)19(7-8-19)17(25)21-16-6-4-5-15(13-16)20-14(2)24/h4-6,13H,3,7-12H2,1-2H3,(H,20,24)(H,21,25). The van der Waals surface area contributed by atoms with E-state index in [9.17, 15) is 14.4 Å². The highest BCUT2D eigenvalue weighted by atomic mass is 16.2. The first-order valence-corrected chi connectivity index (χ1v) is 9.15. The van der Waals surface area contributed by atoms with Crippen LogP contribution in [0.3, 0.4) is 0 Å². The predicted molar refractivity (Wildman–Crippen MR) is 99.7 cm³/mol. The topological polar surface area (TPSA) is 81.8 Å². The Kier molecular flexibility index (Phi) is 5.27. The fraction of sp³-hybridized carbons (Fsp3) is 0.526. The molecule has 0 bridgehead atoms. The van der Waals surface area contributed by atoms with E-state index in [1.165, 1.54) is 6.92 Å². The Morgan fingerprint density at radius 3 is 2.19 bits per heavy atom. The normalized spacial score (nSPS) is 18.9. The predicted octanol–water partition coefficient (Wildman–Crippen LogP) is 1.53. The van der Waals surface area contributed by atoms with E-state index in [1.807, 2.05) is 4.90 Å². The van der Waals surface area contributed by atoms with Gasteiger partial charge in [-0.2, -0.15) is 0 Å². The zero-order chi connectivity index (χ0) is 18.7. The van der Waals surface area contributed by atoms with Gasteiger partial charge >= 0.3 is 0 Å². The first-order valence-electron chi connectivity index (χ1n) is 9.15. The summed E-state index contributed by atoms with van der Waals surface area (Å²) in [7, 11) is 0. The number of hydrogen-bond acceptors (Lipinski definition) is 4. The van der Waals surface area contributed by atoms with E-state index in [2.05, 4.69) is 22.5 Å². The molecule has 0 aromatic heterocycles. The summed E-state index contributed by atoms with van der Waals surface area (Å²) in [5.74, 6) is -0.474. The lowest BCUT2D eigenvalue weighted by Crippen LogP contribution is -2.52. The zero-order valence-electron chi connectivity index (χ0n) is 15.4. The molecule has 3 rings (SSSR count). The van der Waals surface area contributed by atoms with Gasteiger partial charge in [-0.1, -0.05) is 13.0 Å². The van der Waals surface area contributed by atoms with E-state index in [0.717, 1.165) is 19.6 Å². The molecule has 140 valence electrons. The number of piperazine rings is 1. The lowest BCUT2D eigenvalue weighted by molar-refractivity contribution is -0.143. The Balaban J connectivity index is 1.64. The molecule has 1 aromatic carbocycles. The Morgan fingerprint density at radius 1 is 1.04 bits per heavy atom. The molecule has 1 aromatic rings. The molecule has 1 saturated carbocycles. The molecule has 7 heteroatoms. The maximum atomic E-state index is 12.9. The van der Waals surface area contributed by atoms with Gasteiger partial charge < -0.3 is 20.4 Å². The molecule has 2 N–H and O–H groups in total. The van der Waals surface area contributed by atoms with Crippen molar-refractivity contribution in [3.63, 3.8) is 0 Å².